The van der Waals surface area contributed by atoms with Gasteiger partial charge in [0.2, 0.25) is 0 Å². The first-order valence-electron chi connectivity index (χ1n) is 7.05. The van der Waals surface area contributed by atoms with E-state index in [1.807, 2.05) is 13.8 Å². The highest BCUT2D eigenvalue weighted by Crippen LogP contribution is 2.34. The summed E-state index contributed by atoms with van der Waals surface area (Å²) in [4.78, 5) is 23.8. The first-order chi connectivity index (χ1) is 10.1. The number of aromatic nitrogens is 5. The zero-order valence-electron chi connectivity index (χ0n) is 11.9. The van der Waals surface area contributed by atoms with Crippen molar-refractivity contribution in [3.05, 3.63) is 38.8 Å². The average Bonchev–Trinajstić information content (AvgIpc) is 3.13. The number of hydrogen-bond donors (Lipinski definition) is 1. The molecule has 0 bridgehead atoms. The fourth-order valence-electron chi connectivity index (χ4n) is 2.94. The molecule has 108 valence electrons. The van der Waals surface area contributed by atoms with E-state index in [1.54, 1.807) is 22.2 Å². The van der Waals surface area contributed by atoms with Gasteiger partial charge >= 0.3 is 0 Å². The maximum atomic E-state index is 12.8. The van der Waals surface area contributed by atoms with Crippen LogP contribution in [0.5, 0.6) is 0 Å². The largest absolute Gasteiger partial charge is 0.288 e. The van der Waals surface area contributed by atoms with Crippen molar-refractivity contribution in [3.8, 4) is 0 Å². The van der Waals surface area contributed by atoms with Gasteiger partial charge in [0.05, 0.1) is 17.8 Å². The van der Waals surface area contributed by atoms with Crippen LogP contribution in [0.3, 0.4) is 0 Å². The second-order valence-corrected chi connectivity index (χ2v) is 6.53. The molecule has 1 atom stereocenters. The Hall–Kier alpha value is -2.02. The molecule has 0 saturated heterocycles. The van der Waals surface area contributed by atoms with E-state index < -0.39 is 0 Å². The number of rotatable bonds is 2. The molecule has 0 aliphatic heterocycles. The van der Waals surface area contributed by atoms with Crippen LogP contribution in [-0.2, 0) is 12.8 Å². The number of fused-ring (bicyclic) bond motifs is 3. The van der Waals surface area contributed by atoms with Crippen molar-refractivity contribution in [1.29, 1.82) is 0 Å². The van der Waals surface area contributed by atoms with Gasteiger partial charge in [-0.2, -0.15) is 5.10 Å². The van der Waals surface area contributed by atoms with Crippen LogP contribution in [-0.4, -0.2) is 24.7 Å². The summed E-state index contributed by atoms with van der Waals surface area (Å²) in [5.74, 6) is 1.36. The van der Waals surface area contributed by atoms with Crippen molar-refractivity contribution in [2.24, 2.45) is 0 Å². The second kappa shape index (κ2) is 4.49. The van der Waals surface area contributed by atoms with Gasteiger partial charge in [-0.25, -0.2) is 9.97 Å². The predicted octanol–water partition coefficient (Wildman–Crippen LogP) is 1.98. The summed E-state index contributed by atoms with van der Waals surface area (Å²) in [7, 11) is 0. The molecule has 0 amide bonds. The monoisotopic (exact) mass is 301 g/mol. The SMILES string of the molecule is Cc1nc(C(C)n2cnc3sc4c(c3c2=O)CCC4)n[nH]1. The number of thiophene rings is 1. The molecule has 21 heavy (non-hydrogen) atoms. The van der Waals surface area contributed by atoms with Gasteiger partial charge in [0.1, 0.15) is 10.7 Å². The molecule has 4 rings (SSSR count). The standard InChI is InChI=1S/C14H15N5OS/c1-7(12-16-8(2)17-18-12)19-6-15-13-11(14(19)20)9-4-3-5-10(9)21-13/h6-7H,3-5H2,1-2H3,(H,16,17,18). The van der Waals surface area contributed by atoms with Crippen molar-refractivity contribution in [2.75, 3.05) is 0 Å². The first kappa shape index (κ1) is 12.7. The number of aryl methyl sites for hydroxylation is 3. The molecule has 0 aromatic carbocycles. The van der Waals surface area contributed by atoms with Crippen molar-refractivity contribution < 1.29 is 0 Å². The van der Waals surface area contributed by atoms with Crippen molar-refractivity contribution in [3.63, 3.8) is 0 Å². The fourth-order valence-corrected chi connectivity index (χ4v) is 4.16. The Kier molecular flexibility index (Phi) is 2.72. The molecule has 1 unspecified atom stereocenters. The van der Waals surface area contributed by atoms with Gasteiger partial charge in [0, 0.05) is 4.88 Å². The maximum Gasteiger partial charge on any atom is 0.263 e. The van der Waals surface area contributed by atoms with E-state index in [1.165, 1.54) is 10.4 Å². The summed E-state index contributed by atoms with van der Waals surface area (Å²) in [6.07, 6.45) is 4.82. The van der Waals surface area contributed by atoms with Crippen LogP contribution in [0.2, 0.25) is 0 Å². The van der Waals surface area contributed by atoms with E-state index in [4.69, 9.17) is 0 Å². The second-order valence-electron chi connectivity index (χ2n) is 5.45. The number of nitrogens with zero attached hydrogens (tertiary/aromatic N) is 4. The Balaban J connectivity index is 1.90. The van der Waals surface area contributed by atoms with E-state index in [0.29, 0.717) is 5.82 Å². The predicted molar refractivity (Wildman–Crippen MR) is 80.8 cm³/mol. The number of hydrogen-bond acceptors (Lipinski definition) is 5. The van der Waals surface area contributed by atoms with Crippen LogP contribution >= 0.6 is 11.3 Å². The minimum Gasteiger partial charge on any atom is -0.288 e. The Morgan fingerprint density at radius 3 is 3.05 bits per heavy atom. The maximum absolute atomic E-state index is 12.8. The summed E-state index contributed by atoms with van der Waals surface area (Å²) in [5, 5.41) is 7.77. The van der Waals surface area contributed by atoms with Gasteiger partial charge in [-0.1, -0.05) is 0 Å². The van der Waals surface area contributed by atoms with Crippen LogP contribution in [0.15, 0.2) is 11.1 Å². The number of nitrogens with one attached hydrogen (secondary N) is 1. The minimum atomic E-state index is -0.226. The quantitative estimate of drug-likeness (QED) is 0.785. The molecule has 1 N–H and O–H groups in total. The molecule has 3 aromatic heterocycles. The summed E-state index contributed by atoms with van der Waals surface area (Å²) in [6, 6.07) is -0.226. The third-order valence-electron chi connectivity index (χ3n) is 4.06. The van der Waals surface area contributed by atoms with Gasteiger partial charge in [0.25, 0.3) is 5.56 Å². The normalized spacial score (nSPS) is 15.5. The van der Waals surface area contributed by atoms with Gasteiger partial charge in [-0.3, -0.25) is 14.5 Å². The third-order valence-corrected chi connectivity index (χ3v) is 5.26. The Morgan fingerprint density at radius 1 is 1.43 bits per heavy atom. The van der Waals surface area contributed by atoms with Crippen molar-refractivity contribution >= 4 is 21.6 Å². The lowest BCUT2D eigenvalue weighted by atomic mass is 10.2. The van der Waals surface area contributed by atoms with Gasteiger partial charge in [-0.15, -0.1) is 11.3 Å². The van der Waals surface area contributed by atoms with Gasteiger partial charge in [0.15, 0.2) is 5.82 Å². The Labute approximate surface area is 124 Å². The molecular weight excluding hydrogens is 286 g/mol. The molecule has 0 fully saturated rings. The highest BCUT2D eigenvalue weighted by Gasteiger charge is 2.23. The molecule has 1 aliphatic rings. The van der Waals surface area contributed by atoms with Crippen molar-refractivity contribution in [1.82, 2.24) is 24.7 Å². The van der Waals surface area contributed by atoms with Crippen molar-refractivity contribution in [2.45, 2.75) is 39.2 Å². The summed E-state index contributed by atoms with van der Waals surface area (Å²) < 4.78 is 1.64. The van der Waals surface area contributed by atoms with Gasteiger partial charge in [-0.05, 0) is 38.7 Å². The van der Waals surface area contributed by atoms with Crippen LogP contribution < -0.4 is 5.56 Å². The third kappa shape index (κ3) is 1.84. The van der Waals surface area contributed by atoms with E-state index in [2.05, 4.69) is 20.2 Å². The Morgan fingerprint density at radius 2 is 2.29 bits per heavy atom. The topological polar surface area (TPSA) is 76.5 Å². The lowest BCUT2D eigenvalue weighted by Crippen LogP contribution is -2.25. The van der Waals surface area contributed by atoms with E-state index in [0.717, 1.165) is 35.3 Å². The van der Waals surface area contributed by atoms with E-state index in [-0.39, 0.29) is 11.6 Å². The highest BCUT2D eigenvalue weighted by molar-refractivity contribution is 7.18. The molecule has 0 radical (unpaired) electrons. The molecule has 1 aliphatic carbocycles. The molecular formula is C14H15N5OS. The van der Waals surface area contributed by atoms with E-state index >= 15 is 0 Å². The van der Waals surface area contributed by atoms with E-state index in [9.17, 15) is 4.79 Å². The van der Waals surface area contributed by atoms with Crippen LogP contribution in [0, 0.1) is 6.92 Å². The molecule has 6 nitrogen and oxygen atoms in total. The summed E-state index contributed by atoms with van der Waals surface area (Å²) in [5.41, 5.74) is 1.23. The Bertz CT molecular complexity index is 891. The highest BCUT2D eigenvalue weighted by atomic mass is 32.1. The summed E-state index contributed by atoms with van der Waals surface area (Å²) >= 11 is 1.66. The lowest BCUT2D eigenvalue weighted by Gasteiger charge is -2.11. The smallest absolute Gasteiger partial charge is 0.263 e. The molecule has 0 saturated carbocycles. The zero-order chi connectivity index (χ0) is 14.6. The fraction of sp³-hybridized carbons (Fsp3) is 0.429. The average molecular weight is 301 g/mol. The minimum absolute atomic E-state index is 0.0225. The molecule has 7 heteroatoms. The van der Waals surface area contributed by atoms with Crippen LogP contribution in [0.25, 0.3) is 10.2 Å². The molecule has 0 spiro atoms. The van der Waals surface area contributed by atoms with Gasteiger partial charge < -0.3 is 0 Å². The lowest BCUT2D eigenvalue weighted by molar-refractivity contribution is 0.577. The summed E-state index contributed by atoms with van der Waals surface area (Å²) in [6.45, 7) is 3.77. The zero-order valence-corrected chi connectivity index (χ0v) is 12.7. The first-order valence-corrected chi connectivity index (χ1v) is 7.87. The van der Waals surface area contributed by atoms with Crippen LogP contribution in [0.1, 0.15) is 41.5 Å². The molecule has 3 heterocycles. The number of H-pyrrole nitrogens is 1. The molecule has 3 aromatic rings. The number of aromatic amines is 1. The van der Waals surface area contributed by atoms with Crippen LogP contribution in [0.4, 0.5) is 0 Å².